The highest BCUT2D eigenvalue weighted by molar-refractivity contribution is 8.13. The molecule has 0 bridgehead atoms. The number of hydrogen-bond acceptors (Lipinski definition) is 2. The van der Waals surface area contributed by atoms with Gasteiger partial charge in [-0.25, -0.2) is 0 Å². The summed E-state index contributed by atoms with van der Waals surface area (Å²) in [4.78, 5) is 11.7. The molecule has 2 heteroatoms. The molecule has 0 N–H and O–H groups in total. The van der Waals surface area contributed by atoms with Crippen molar-refractivity contribution >= 4 is 23.0 Å². The Balaban J connectivity index is 1.84. The van der Waals surface area contributed by atoms with Crippen molar-refractivity contribution in [3.05, 3.63) is 77.9 Å². The highest BCUT2D eigenvalue weighted by atomic mass is 32.2. The maximum atomic E-state index is 11.7. The van der Waals surface area contributed by atoms with Crippen molar-refractivity contribution in [3.8, 4) is 0 Å². The molecule has 0 aliphatic heterocycles. The van der Waals surface area contributed by atoms with Crippen LogP contribution in [0.5, 0.6) is 0 Å². The molecular weight excluding hydrogens is 240 g/mol. The van der Waals surface area contributed by atoms with Gasteiger partial charge >= 0.3 is 0 Å². The van der Waals surface area contributed by atoms with E-state index in [9.17, 15) is 4.79 Å². The normalized spacial score (nSPS) is 10.7. The number of rotatable bonds is 4. The molecular formula is C16H14OS. The second-order valence-corrected chi connectivity index (χ2v) is 4.82. The maximum absolute atomic E-state index is 11.7. The van der Waals surface area contributed by atoms with Gasteiger partial charge in [0, 0.05) is 5.75 Å². The van der Waals surface area contributed by atoms with Crippen molar-refractivity contribution in [1.29, 1.82) is 0 Å². The fraction of sp³-hybridized carbons (Fsp3) is 0.0625. The van der Waals surface area contributed by atoms with Crippen LogP contribution in [0, 0.1) is 0 Å². The van der Waals surface area contributed by atoms with Crippen molar-refractivity contribution in [2.24, 2.45) is 0 Å². The molecule has 18 heavy (non-hydrogen) atoms. The third-order valence-corrected chi connectivity index (χ3v) is 3.33. The van der Waals surface area contributed by atoms with Gasteiger partial charge in [0.15, 0.2) is 0 Å². The quantitative estimate of drug-likeness (QED) is 0.762. The Hall–Kier alpha value is -1.80. The molecule has 0 aliphatic rings. The lowest BCUT2D eigenvalue weighted by Gasteiger charge is -1.97. The monoisotopic (exact) mass is 254 g/mol. The first-order valence-electron chi connectivity index (χ1n) is 5.78. The molecule has 90 valence electrons. The van der Waals surface area contributed by atoms with E-state index in [1.165, 1.54) is 17.3 Å². The van der Waals surface area contributed by atoms with E-state index < -0.39 is 0 Å². The van der Waals surface area contributed by atoms with Gasteiger partial charge in [0.2, 0.25) is 5.12 Å². The molecule has 0 heterocycles. The minimum atomic E-state index is 0.0858. The van der Waals surface area contributed by atoms with Gasteiger partial charge in [-0.05, 0) is 17.2 Å². The first-order valence-corrected chi connectivity index (χ1v) is 6.77. The van der Waals surface area contributed by atoms with Crippen LogP contribution < -0.4 is 0 Å². The second kappa shape index (κ2) is 6.82. The summed E-state index contributed by atoms with van der Waals surface area (Å²) < 4.78 is 0. The molecule has 0 saturated heterocycles. The van der Waals surface area contributed by atoms with Crippen LogP contribution in [-0.2, 0) is 10.5 Å². The average molecular weight is 254 g/mol. The summed E-state index contributed by atoms with van der Waals surface area (Å²) in [7, 11) is 0. The topological polar surface area (TPSA) is 17.1 Å². The Labute approximate surface area is 112 Å². The molecule has 0 atom stereocenters. The van der Waals surface area contributed by atoms with E-state index in [1.807, 2.05) is 66.7 Å². The summed E-state index contributed by atoms with van der Waals surface area (Å²) in [5, 5.41) is 0.0858. The van der Waals surface area contributed by atoms with Gasteiger partial charge in [-0.15, -0.1) is 0 Å². The molecule has 0 amide bonds. The molecule has 0 aromatic heterocycles. The summed E-state index contributed by atoms with van der Waals surface area (Å²) in [6.07, 6.45) is 3.48. The van der Waals surface area contributed by atoms with Gasteiger partial charge in [-0.1, -0.05) is 78.5 Å². The standard InChI is InChI=1S/C16H14OS/c17-16(12-11-14-7-3-1-4-8-14)18-13-15-9-5-2-6-10-15/h1-12H,13H2/b12-11-. The fourth-order valence-electron chi connectivity index (χ4n) is 1.51. The molecule has 0 fully saturated rings. The third kappa shape index (κ3) is 4.22. The lowest BCUT2D eigenvalue weighted by molar-refractivity contribution is -0.107. The maximum Gasteiger partial charge on any atom is 0.212 e. The van der Waals surface area contributed by atoms with Gasteiger partial charge in [-0.2, -0.15) is 0 Å². The Morgan fingerprint density at radius 3 is 2.22 bits per heavy atom. The summed E-state index contributed by atoms with van der Waals surface area (Å²) >= 11 is 1.32. The van der Waals surface area contributed by atoms with Gasteiger partial charge < -0.3 is 0 Å². The van der Waals surface area contributed by atoms with Gasteiger partial charge in [0.1, 0.15) is 0 Å². The van der Waals surface area contributed by atoms with Crippen molar-refractivity contribution in [1.82, 2.24) is 0 Å². The lowest BCUT2D eigenvalue weighted by Crippen LogP contribution is -1.87. The van der Waals surface area contributed by atoms with Gasteiger partial charge in [-0.3, -0.25) is 4.79 Å². The molecule has 0 aliphatic carbocycles. The Morgan fingerprint density at radius 1 is 0.944 bits per heavy atom. The van der Waals surface area contributed by atoms with Crippen LogP contribution in [0.1, 0.15) is 11.1 Å². The zero-order chi connectivity index (χ0) is 12.6. The Kier molecular flexibility index (Phi) is 4.79. The van der Waals surface area contributed by atoms with E-state index in [0.29, 0.717) is 0 Å². The number of thioether (sulfide) groups is 1. The Morgan fingerprint density at radius 2 is 1.56 bits per heavy atom. The van der Waals surface area contributed by atoms with E-state index in [-0.39, 0.29) is 5.12 Å². The molecule has 2 rings (SSSR count). The summed E-state index contributed by atoms with van der Waals surface area (Å²) in [6, 6.07) is 19.8. The molecule has 0 spiro atoms. The van der Waals surface area contributed by atoms with Crippen molar-refractivity contribution in [2.45, 2.75) is 5.75 Å². The van der Waals surface area contributed by atoms with Gasteiger partial charge in [0.25, 0.3) is 0 Å². The van der Waals surface area contributed by atoms with Crippen LogP contribution in [0.15, 0.2) is 66.7 Å². The second-order valence-electron chi connectivity index (χ2n) is 3.84. The zero-order valence-electron chi connectivity index (χ0n) is 9.95. The number of carbonyl (C=O) groups is 1. The predicted molar refractivity (Wildman–Crippen MR) is 78.2 cm³/mol. The van der Waals surface area contributed by atoms with Crippen molar-refractivity contribution in [3.63, 3.8) is 0 Å². The summed E-state index contributed by atoms with van der Waals surface area (Å²) in [5.74, 6) is 0.721. The summed E-state index contributed by atoms with van der Waals surface area (Å²) in [5.41, 5.74) is 2.22. The average Bonchev–Trinajstić information content (AvgIpc) is 2.45. The molecule has 2 aromatic carbocycles. The van der Waals surface area contributed by atoms with E-state index >= 15 is 0 Å². The molecule has 1 nitrogen and oxygen atoms in total. The van der Waals surface area contributed by atoms with Crippen LogP contribution in [0.3, 0.4) is 0 Å². The minimum Gasteiger partial charge on any atom is -0.282 e. The minimum absolute atomic E-state index is 0.0858. The number of benzene rings is 2. The van der Waals surface area contributed by atoms with E-state index in [4.69, 9.17) is 0 Å². The smallest absolute Gasteiger partial charge is 0.212 e. The van der Waals surface area contributed by atoms with E-state index in [2.05, 4.69) is 0 Å². The van der Waals surface area contributed by atoms with Crippen molar-refractivity contribution < 1.29 is 4.79 Å². The molecule has 0 unspecified atom stereocenters. The van der Waals surface area contributed by atoms with E-state index in [0.717, 1.165) is 11.3 Å². The van der Waals surface area contributed by atoms with Gasteiger partial charge in [0.05, 0.1) is 0 Å². The van der Waals surface area contributed by atoms with Crippen LogP contribution in [-0.4, -0.2) is 5.12 Å². The van der Waals surface area contributed by atoms with Crippen LogP contribution in [0.2, 0.25) is 0 Å². The predicted octanol–water partition coefficient (Wildman–Crippen LogP) is 4.16. The fourth-order valence-corrected chi connectivity index (χ4v) is 2.17. The first kappa shape index (κ1) is 12.7. The Bertz CT molecular complexity index is 517. The highest BCUT2D eigenvalue weighted by Crippen LogP contribution is 2.14. The lowest BCUT2D eigenvalue weighted by atomic mass is 10.2. The van der Waals surface area contributed by atoms with E-state index in [1.54, 1.807) is 6.08 Å². The molecule has 2 aromatic rings. The van der Waals surface area contributed by atoms with Crippen LogP contribution in [0.4, 0.5) is 0 Å². The molecule has 0 saturated carbocycles. The van der Waals surface area contributed by atoms with Crippen LogP contribution in [0.25, 0.3) is 6.08 Å². The number of hydrogen-bond donors (Lipinski definition) is 0. The summed E-state index contributed by atoms with van der Waals surface area (Å²) in [6.45, 7) is 0. The SMILES string of the molecule is O=C(/C=C\c1ccccc1)SCc1ccccc1. The zero-order valence-corrected chi connectivity index (χ0v) is 10.8. The molecule has 0 radical (unpaired) electrons. The largest absolute Gasteiger partial charge is 0.282 e. The highest BCUT2D eigenvalue weighted by Gasteiger charge is 1.98. The van der Waals surface area contributed by atoms with Crippen LogP contribution >= 0.6 is 11.8 Å². The third-order valence-electron chi connectivity index (χ3n) is 2.44. The van der Waals surface area contributed by atoms with Crippen molar-refractivity contribution in [2.75, 3.05) is 0 Å². The number of carbonyl (C=O) groups excluding carboxylic acids is 1. The first-order chi connectivity index (χ1) is 8.84.